The molecule has 0 aliphatic carbocycles. The van der Waals surface area contributed by atoms with Crippen LogP contribution in [0.25, 0.3) is 0 Å². The molecule has 1 heterocycles. The summed E-state index contributed by atoms with van der Waals surface area (Å²) in [5.74, 6) is -3.03. The molecule has 0 saturated carbocycles. The predicted molar refractivity (Wildman–Crippen MR) is 101 cm³/mol. The number of para-hydroxylation sites is 1. The van der Waals surface area contributed by atoms with Crippen molar-refractivity contribution in [1.29, 1.82) is 0 Å². The lowest BCUT2D eigenvalue weighted by atomic mass is 10.1. The fraction of sp³-hybridized carbons (Fsp3) is 0.421. The number of carbonyl (C=O) groups excluding carboxylic acids is 2. The van der Waals surface area contributed by atoms with Gasteiger partial charge >= 0.3 is 12.1 Å². The number of carbonyl (C=O) groups is 3. The molecule has 2 rings (SSSR count). The quantitative estimate of drug-likeness (QED) is 0.637. The van der Waals surface area contributed by atoms with E-state index in [9.17, 15) is 22.8 Å². The second-order valence-electron chi connectivity index (χ2n) is 6.34. The molecule has 1 aliphatic heterocycles. The molecular weight excluding hydrogens is 391 g/mol. The maximum absolute atomic E-state index is 12.3. The van der Waals surface area contributed by atoms with Gasteiger partial charge in [-0.1, -0.05) is 31.2 Å². The number of nitrogens with one attached hydrogen (secondary N) is 1. The van der Waals surface area contributed by atoms with Crippen LogP contribution in [0.2, 0.25) is 0 Å². The molecule has 0 aromatic heterocycles. The average Bonchev–Trinajstić information content (AvgIpc) is 3.08. The van der Waals surface area contributed by atoms with Crippen LogP contribution in [0, 0.1) is 0 Å². The maximum Gasteiger partial charge on any atom is 0.490 e. The Bertz CT molecular complexity index is 763. The van der Waals surface area contributed by atoms with Crippen molar-refractivity contribution >= 4 is 23.5 Å². The fourth-order valence-corrected chi connectivity index (χ4v) is 2.46. The third-order valence-electron chi connectivity index (χ3n) is 4.05. The monoisotopic (exact) mass is 415 g/mol. The van der Waals surface area contributed by atoms with Crippen molar-refractivity contribution in [1.82, 2.24) is 5.32 Å². The Balaban J connectivity index is 0.000000516. The molecule has 0 saturated heterocycles. The first-order chi connectivity index (χ1) is 13.5. The van der Waals surface area contributed by atoms with Crippen LogP contribution < -0.4 is 16.0 Å². The predicted octanol–water partition coefficient (Wildman–Crippen LogP) is 2.01. The second kappa shape index (κ2) is 10.6. The van der Waals surface area contributed by atoms with Crippen molar-refractivity contribution in [3.63, 3.8) is 0 Å². The summed E-state index contributed by atoms with van der Waals surface area (Å²) in [4.78, 5) is 34.6. The van der Waals surface area contributed by atoms with E-state index < -0.39 is 18.2 Å². The molecule has 4 N–H and O–H groups in total. The van der Waals surface area contributed by atoms with Crippen molar-refractivity contribution in [2.24, 2.45) is 5.73 Å². The van der Waals surface area contributed by atoms with Crippen LogP contribution in [0.4, 0.5) is 18.9 Å². The van der Waals surface area contributed by atoms with Crippen LogP contribution in [0.1, 0.15) is 25.8 Å². The van der Waals surface area contributed by atoms with E-state index in [4.69, 9.17) is 15.6 Å². The molecular formula is C19H24F3N3O4. The van der Waals surface area contributed by atoms with Crippen molar-refractivity contribution in [3.05, 3.63) is 42.0 Å². The molecule has 2 amide bonds. The Morgan fingerprint density at radius 1 is 1.31 bits per heavy atom. The Kier molecular flexibility index (Phi) is 8.84. The molecule has 1 aromatic rings. The summed E-state index contributed by atoms with van der Waals surface area (Å²) in [7, 11) is 0. The first-order valence-electron chi connectivity index (χ1n) is 8.91. The van der Waals surface area contributed by atoms with Gasteiger partial charge in [-0.2, -0.15) is 13.2 Å². The van der Waals surface area contributed by atoms with E-state index in [0.717, 1.165) is 12.1 Å². The lowest BCUT2D eigenvalue weighted by molar-refractivity contribution is -0.192. The van der Waals surface area contributed by atoms with E-state index in [1.54, 1.807) is 17.9 Å². The number of alkyl halides is 3. The topological polar surface area (TPSA) is 113 Å². The van der Waals surface area contributed by atoms with Gasteiger partial charge in [0.05, 0.1) is 6.04 Å². The molecule has 29 heavy (non-hydrogen) atoms. The number of rotatable bonds is 5. The molecule has 10 heteroatoms. The van der Waals surface area contributed by atoms with Crippen molar-refractivity contribution in [3.8, 4) is 0 Å². The number of nitrogens with two attached hydrogens (primary N) is 1. The summed E-state index contributed by atoms with van der Waals surface area (Å²) in [5, 5.41) is 9.93. The van der Waals surface area contributed by atoms with E-state index >= 15 is 0 Å². The van der Waals surface area contributed by atoms with Gasteiger partial charge in [0.2, 0.25) is 5.91 Å². The standard InChI is InChI=1S/C17H23N3O2.C2HF3O2/c1-3-14(19-17(22)12(2)18)8-9-16(21)20-11-10-13-6-4-5-7-15(13)20;3-2(4,5)1(6)7/h4-9,12,14H,3,10-11,18H2,1-2H3,(H,19,22);(H,6,7)/b9-8+;/t12-,14-;/m0./s1. The molecule has 1 aromatic carbocycles. The normalized spacial score (nSPS) is 15.2. The number of anilines is 1. The highest BCUT2D eigenvalue weighted by Crippen LogP contribution is 2.27. The van der Waals surface area contributed by atoms with Gasteiger partial charge in [0.25, 0.3) is 5.91 Å². The van der Waals surface area contributed by atoms with Gasteiger partial charge in [0.1, 0.15) is 0 Å². The first kappa shape index (κ1) is 24.2. The molecule has 0 fully saturated rings. The van der Waals surface area contributed by atoms with Gasteiger partial charge in [-0.15, -0.1) is 0 Å². The zero-order valence-corrected chi connectivity index (χ0v) is 16.1. The third-order valence-corrected chi connectivity index (χ3v) is 4.05. The number of nitrogens with zero attached hydrogens (tertiary/aromatic N) is 1. The van der Waals surface area contributed by atoms with E-state index in [1.807, 2.05) is 31.2 Å². The summed E-state index contributed by atoms with van der Waals surface area (Å²) in [5.41, 5.74) is 7.71. The number of benzene rings is 1. The third kappa shape index (κ3) is 7.57. The van der Waals surface area contributed by atoms with Crippen LogP contribution in [0.15, 0.2) is 36.4 Å². The van der Waals surface area contributed by atoms with Crippen molar-refractivity contribution in [2.45, 2.75) is 44.9 Å². The number of hydrogen-bond donors (Lipinski definition) is 3. The van der Waals surface area contributed by atoms with Crippen LogP contribution in [0.5, 0.6) is 0 Å². The lowest BCUT2D eigenvalue weighted by Crippen LogP contribution is -2.43. The average molecular weight is 415 g/mol. The second-order valence-corrected chi connectivity index (χ2v) is 6.34. The maximum atomic E-state index is 12.3. The molecule has 0 bridgehead atoms. The summed E-state index contributed by atoms with van der Waals surface area (Å²) in [6.45, 7) is 4.29. The molecule has 160 valence electrons. The number of amides is 2. The Hall–Kier alpha value is -2.88. The zero-order chi connectivity index (χ0) is 22.2. The van der Waals surface area contributed by atoms with Crippen LogP contribution >= 0.6 is 0 Å². The van der Waals surface area contributed by atoms with Gasteiger partial charge < -0.3 is 21.1 Å². The molecule has 0 spiro atoms. The highest BCUT2D eigenvalue weighted by atomic mass is 19.4. The number of fused-ring (bicyclic) bond motifs is 1. The number of carboxylic acid groups (broad SMARTS) is 1. The van der Waals surface area contributed by atoms with Gasteiger partial charge in [0.15, 0.2) is 0 Å². The highest BCUT2D eigenvalue weighted by molar-refractivity contribution is 6.03. The Labute approximate surface area is 166 Å². The molecule has 0 unspecified atom stereocenters. The minimum Gasteiger partial charge on any atom is -0.475 e. The van der Waals surface area contributed by atoms with Gasteiger partial charge in [-0.25, -0.2) is 4.79 Å². The van der Waals surface area contributed by atoms with Crippen molar-refractivity contribution in [2.75, 3.05) is 11.4 Å². The fourth-order valence-electron chi connectivity index (χ4n) is 2.46. The molecule has 0 radical (unpaired) electrons. The minimum absolute atomic E-state index is 0.0570. The van der Waals surface area contributed by atoms with Crippen molar-refractivity contribution < 1.29 is 32.7 Å². The summed E-state index contributed by atoms with van der Waals surface area (Å²) >= 11 is 0. The summed E-state index contributed by atoms with van der Waals surface area (Å²) in [6.07, 6.45) is -0.214. The summed E-state index contributed by atoms with van der Waals surface area (Å²) in [6, 6.07) is 7.20. The first-order valence-corrected chi connectivity index (χ1v) is 8.91. The van der Waals surface area contributed by atoms with E-state index in [-0.39, 0.29) is 17.9 Å². The lowest BCUT2D eigenvalue weighted by Gasteiger charge is -2.17. The summed E-state index contributed by atoms with van der Waals surface area (Å²) < 4.78 is 31.7. The van der Waals surface area contributed by atoms with E-state index in [0.29, 0.717) is 13.0 Å². The van der Waals surface area contributed by atoms with Crippen LogP contribution in [-0.2, 0) is 20.8 Å². The number of halogens is 3. The minimum atomic E-state index is -5.08. The van der Waals surface area contributed by atoms with Gasteiger partial charge in [-0.3, -0.25) is 9.59 Å². The van der Waals surface area contributed by atoms with Crippen LogP contribution in [0.3, 0.4) is 0 Å². The molecule has 2 atom stereocenters. The Morgan fingerprint density at radius 2 is 1.90 bits per heavy atom. The van der Waals surface area contributed by atoms with Gasteiger partial charge in [-0.05, 0) is 31.4 Å². The van der Waals surface area contributed by atoms with Crippen LogP contribution in [-0.4, -0.2) is 47.7 Å². The largest absolute Gasteiger partial charge is 0.490 e. The smallest absolute Gasteiger partial charge is 0.475 e. The molecule has 1 aliphatic rings. The number of carboxylic acids is 1. The SMILES string of the molecule is CC[C@@H](/C=C/C(=O)N1CCc2ccccc21)NC(=O)[C@H](C)N.O=C(O)C(F)(F)F. The van der Waals surface area contributed by atoms with Gasteiger partial charge in [0, 0.05) is 24.4 Å². The van der Waals surface area contributed by atoms with E-state index in [2.05, 4.69) is 5.32 Å². The number of hydrogen-bond acceptors (Lipinski definition) is 4. The van der Waals surface area contributed by atoms with E-state index in [1.165, 1.54) is 11.6 Å². The number of aliphatic carboxylic acids is 1. The molecule has 7 nitrogen and oxygen atoms in total. The zero-order valence-electron chi connectivity index (χ0n) is 16.1. The Morgan fingerprint density at radius 3 is 2.41 bits per heavy atom. The highest BCUT2D eigenvalue weighted by Gasteiger charge is 2.38.